The third kappa shape index (κ3) is 2.71. The van der Waals surface area contributed by atoms with Crippen molar-refractivity contribution in [1.82, 2.24) is 15.6 Å². The summed E-state index contributed by atoms with van der Waals surface area (Å²) in [7, 11) is 1.61. The van der Waals surface area contributed by atoms with Crippen molar-refractivity contribution in [3.8, 4) is 0 Å². The van der Waals surface area contributed by atoms with Crippen molar-refractivity contribution in [2.24, 2.45) is 0 Å². The van der Waals surface area contributed by atoms with Gasteiger partial charge in [0.2, 0.25) is 0 Å². The third-order valence-corrected chi connectivity index (χ3v) is 4.41. The quantitative estimate of drug-likeness (QED) is 0.850. The van der Waals surface area contributed by atoms with Gasteiger partial charge in [-0.3, -0.25) is 4.79 Å². The fourth-order valence-corrected chi connectivity index (χ4v) is 2.89. The minimum absolute atomic E-state index is 0.0145. The average Bonchev–Trinajstić information content (AvgIpc) is 2.82. The lowest BCUT2D eigenvalue weighted by atomic mass is 9.91. The molecule has 0 aliphatic carbocycles. The summed E-state index contributed by atoms with van der Waals surface area (Å²) in [6.07, 6.45) is 1.44. The Morgan fingerprint density at radius 1 is 1.61 bits per heavy atom. The van der Waals surface area contributed by atoms with E-state index in [0.717, 1.165) is 36.5 Å². The van der Waals surface area contributed by atoms with Gasteiger partial charge >= 0.3 is 0 Å². The first-order valence-electron chi connectivity index (χ1n) is 6.11. The highest BCUT2D eigenvalue weighted by Crippen LogP contribution is 2.23. The van der Waals surface area contributed by atoms with E-state index in [2.05, 4.69) is 15.6 Å². The molecule has 0 atom stereocenters. The Balaban J connectivity index is 1.96. The molecular formula is C12H19N3O2S. The molecule has 1 saturated heterocycles. The molecule has 0 radical (unpaired) electrons. The molecule has 0 spiro atoms. The number of nitrogens with one attached hydrogen (secondary N) is 2. The fourth-order valence-electron chi connectivity index (χ4n) is 2.17. The number of hydrogen-bond acceptors (Lipinski definition) is 5. The van der Waals surface area contributed by atoms with Crippen LogP contribution in [0.4, 0.5) is 0 Å². The van der Waals surface area contributed by atoms with Gasteiger partial charge in [0, 0.05) is 12.0 Å². The predicted octanol–water partition coefficient (Wildman–Crippen LogP) is 0.836. The smallest absolute Gasteiger partial charge is 0.252 e. The highest BCUT2D eigenvalue weighted by Gasteiger charge is 2.39. The van der Waals surface area contributed by atoms with E-state index in [1.54, 1.807) is 24.0 Å². The van der Waals surface area contributed by atoms with Gasteiger partial charge in [0.05, 0.1) is 17.7 Å². The summed E-state index contributed by atoms with van der Waals surface area (Å²) in [6, 6.07) is 0. The van der Waals surface area contributed by atoms with Crippen LogP contribution >= 0.6 is 11.3 Å². The highest BCUT2D eigenvalue weighted by molar-refractivity contribution is 7.09. The minimum atomic E-state index is -0.663. The second-order valence-electron chi connectivity index (χ2n) is 4.49. The van der Waals surface area contributed by atoms with Gasteiger partial charge in [0.25, 0.3) is 5.91 Å². The lowest BCUT2D eigenvalue weighted by Gasteiger charge is -2.34. The summed E-state index contributed by atoms with van der Waals surface area (Å²) in [6.45, 7) is 4.13. The number of nitrogens with zero attached hydrogens (tertiary/aromatic N) is 1. The maximum absolute atomic E-state index is 12.3. The lowest BCUT2D eigenvalue weighted by molar-refractivity contribution is -0.146. The number of hydrogen-bond donors (Lipinski definition) is 2. The molecule has 5 nitrogen and oxygen atoms in total. The zero-order valence-electron chi connectivity index (χ0n) is 10.8. The molecule has 1 amide bonds. The second-order valence-corrected chi connectivity index (χ2v) is 5.43. The van der Waals surface area contributed by atoms with Gasteiger partial charge in [0.1, 0.15) is 5.60 Å². The number of ether oxygens (including phenoxy) is 1. The van der Waals surface area contributed by atoms with Crippen molar-refractivity contribution >= 4 is 17.2 Å². The molecule has 18 heavy (non-hydrogen) atoms. The van der Waals surface area contributed by atoms with Crippen molar-refractivity contribution in [3.63, 3.8) is 0 Å². The first-order chi connectivity index (χ1) is 8.68. The summed E-state index contributed by atoms with van der Waals surface area (Å²) in [5, 5.41) is 6.21. The first kappa shape index (κ1) is 13.5. The summed E-state index contributed by atoms with van der Waals surface area (Å²) in [5.41, 5.74) is 2.12. The van der Waals surface area contributed by atoms with Crippen molar-refractivity contribution in [1.29, 1.82) is 0 Å². The molecule has 6 heteroatoms. The van der Waals surface area contributed by atoms with Crippen molar-refractivity contribution < 1.29 is 9.53 Å². The minimum Gasteiger partial charge on any atom is -0.368 e. The lowest BCUT2D eigenvalue weighted by Crippen LogP contribution is -2.53. The van der Waals surface area contributed by atoms with Crippen molar-refractivity contribution in [3.05, 3.63) is 16.1 Å². The zero-order chi connectivity index (χ0) is 13.0. The number of methoxy groups -OCH3 is 1. The molecular weight excluding hydrogens is 250 g/mol. The number of carbonyl (C=O) groups is 1. The van der Waals surface area contributed by atoms with Crippen LogP contribution in [0.25, 0.3) is 0 Å². The van der Waals surface area contributed by atoms with E-state index < -0.39 is 5.60 Å². The Morgan fingerprint density at radius 2 is 2.33 bits per heavy atom. The molecule has 1 aromatic rings. The van der Waals surface area contributed by atoms with E-state index >= 15 is 0 Å². The number of carbonyl (C=O) groups excluding carboxylic acids is 1. The Bertz CT molecular complexity index is 413. The molecule has 0 aromatic carbocycles. The standard InChI is InChI=1S/C12H19N3O2S/c1-9-10(18-8-15-9)7-14-11(16)12(17-2)3-5-13-6-4-12/h8,13H,3-7H2,1-2H3,(H,14,16). The van der Waals surface area contributed by atoms with Crippen LogP contribution in [0.1, 0.15) is 23.4 Å². The van der Waals surface area contributed by atoms with Gasteiger partial charge in [-0.1, -0.05) is 0 Å². The van der Waals surface area contributed by atoms with Gasteiger partial charge < -0.3 is 15.4 Å². The van der Waals surface area contributed by atoms with Gasteiger partial charge in [-0.25, -0.2) is 4.98 Å². The van der Waals surface area contributed by atoms with E-state index in [4.69, 9.17) is 4.74 Å². The number of aryl methyl sites for hydroxylation is 1. The topological polar surface area (TPSA) is 63.2 Å². The van der Waals surface area contributed by atoms with Crippen LogP contribution in [0.2, 0.25) is 0 Å². The summed E-state index contributed by atoms with van der Waals surface area (Å²) >= 11 is 1.57. The van der Waals surface area contributed by atoms with E-state index in [0.29, 0.717) is 6.54 Å². The summed E-state index contributed by atoms with van der Waals surface area (Å²) in [5.74, 6) is -0.0145. The van der Waals surface area contributed by atoms with E-state index in [-0.39, 0.29) is 5.91 Å². The van der Waals surface area contributed by atoms with Gasteiger partial charge in [0.15, 0.2) is 0 Å². The Labute approximate surface area is 111 Å². The maximum Gasteiger partial charge on any atom is 0.252 e. The SMILES string of the molecule is COC1(C(=O)NCc2scnc2C)CCNCC1. The Morgan fingerprint density at radius 3 is 2.89 bits per heavy atom. The maximum atomic E-state index is 12.3. The number of amides is 1. The van der Waals surface area contributed by atoms with Crippen LogP contribution in [0, 0.1) is 6.92 Å². The number of aromatic nitrogens is 1. The molecule has 1 aromatic heterocycles. The van der Waals surface area contributed by atoms with Gasteiger partial charge in [-0.2, -0.15) is 0 Å². The molecule has 1 fully saturated rings. The van der Waals surface area contributed by atoms with Crippen molar-refractivity contribution in [2.75, 3.05) is 20.2 Å². The van der Waals surface area contributed by atoms with E-state index in [9.17, 15) is 4.79 Å². The number of piperidine rings is 1. The normalized spacial score (nSPS) is 18.6. The first-order valence-corrected chi connectivity index (χ1v) is 6.99. The van der Waals surface area contributed by atoms with Crippen LogP contribution in [0.5, 0.6) is 0 Å². The second kappa shape index (κ2) is 5.77. The third-order valence-electron chi connectivity index (χ3n) is 3.47. The van der Waals surface area contributed by atoms with Crippen LogP contribution in [-0.2, 0) is 16.1 Å². The van der Waals surface area contributed by atoms with Crippen LogP contribution in [-0.4, -0.2) is 36.7 Å². The fraction of sp³-hybridized carbons (Fsp3) is 0.667. The van der Waals surface area contributed by atoms with Gasteiger partial charge in [-0.15, -0.1) is 11.3 Å². The molecule has 0 unspecified atom stereocenters. The molecule has 0 bridgehead atoms. The number of rotatable bonds is 4. The van der Waals surface area contributed by atoms with Gasteiger partial charge in [-0.05, 0) is 32.9 Å². The van der Waals surface area contributed by atoms with E-state index in [1.165, 1.54) is 0 Å². The predicted molar refractivity (Wildman–Crippen MR) is 70.5 cm³/mol. The Hall–Kier alpha value is -0.980. The molecule has 1 aliphatic rings. The molecule has 1 aliphatic heterocycles. The molecule has 100 valence electrons. The van der Waals surface area contributed by atoms with Crippen molar-refractivity contribution in [2.45, 2.75) is 31.9 Å². The zero-order valence-corrected chi connectivity index (χ0v) is 11.6. The van der Waals surface area contributed by atoms with Crippen LogP contribution < -0.4 is 10.6 Å². The molecule has 2 rings (SSSR count). The summed E-state index contributed by atoms with van der Waals surface area (Å²) in [4.78, 5) is 17.5. The monoisotopic (exact) mass is 269 g/mol. The molecule has 2 N–H and O–H groups in total. The molecule has 2 heterocycles. The molecule has 0 saturated carbocycles. The number of thiazole rings is 1. The van der Waals surface area contributed by atoms with Crippen LogP contribution in [0.15, 0.2) is 5.51 Å². The largest absolute Gasteiger partial charge is 0.368 e. The van der Waals surface area contributed by atoms with Crippen LogP contribution in [0.3, 0.4) is 0 Å². The highest BCUT2D eigenvalue weighted by atomic mass is 32.1. The average molecular weight is 269 g/mol. The Kier molecular flexibility index (Phi) is 4.31. The van der Waals surface area contributed by atoms with E-state index in [1.807, 2.05) is 6.92 Å². The summed E-state index contributed by atoms with van der Waals surface area (Å²) < 4.78 is 5.48.